The molecule has 0 aromatic heterocycles. The molecular formula is C45H72O6Si3. The molecule has 4 atom stereocenters. The maximum atomic E-state index is 12.4. The molecule has 0 saturated heterocycles. The van der Waals surface area contributed by atoms with E-state index in [0.717, 1.165) is 17.6 Å². The smallest absolute Gasteiger partial charge is 0.261 e. The van der Waals surface area contributed by atoms with Crippen LogP contribution in [0.5, 0.6) is 5.75 Å². The average Bonchev–Trinajstić information content (AvgIpc) is 3.09. The normalized spacial score (nSPS) is 15.7. The van der Waals surface area contributed by atoms with Gasteiger partial charge < -0.3 is 27.5 Å². The fraction of sp³-hybridized carbons (Fsp3) is 0.578. The summed E-state index contributed by atoms with van der Waals surface area (Å²) < 4.78 is 34.4. The van der Waals surface area contributed by atoms with Crippen LogP contribution >= 0.6 is 0 Å². The zero-order chi connectivity index (χ0) is 40.6. The Labute approximate surface area is 332 Å². The zero-order valence-corrected chi connectivity index (χ0v) is 39.2. The van der Waals surface area contributed by atoms with E-state index in [0.29, 0.717) is 26.2 Å². The predicted octanol–water partition coefficient (Wildman–Crippen LogP) is 10.4. The lowest BCUT2D eigenvalue weighted by molar-refractivity contribution is -0.113. The molecule has 0 amide bonds. The van der Waals surface area contributed by atoms with E-state index in [2.05, 4.69) is 168 Å². The minimum absolute atomic E-state index is 0.0208. The molecule has 0 heterocycles. The van der Waals surface area contributed by atoms with E-state index >= 15 is 0 Å². The number of hydrogen-bond acceptors (Lipinski definition) is 6. The Bertz CT molecular complexity index is 1520. The highest BCUT2D eigenvalue weighted by molar-refractivity contribution is 6.99. The number of benzene rings is 3. The lowest BCUT2D eigenvalue weighted by Crippen LogP contribution is -2.67. The fourth-order valence-corrected chi connectivity index (χ4v) is 13.7. The highest BCUT2D eigenvalue weighted by Gasteiger charge is 2.51. The minimum Gasteiger partial charge on any atom is -0.497 e. The van der Waals surface area contributed by atoms with Crippen molar-refractivity contribution in [2.75, 3.05) is 20.3 Å². The van der Waals surface area contributed by atoms with Gasteiger partial charge in [0.25, 0.3) is 8.32 Å². The van der Waals surface area contributed by atoms with Crippen LogP contribution in [0.1, 0.15) is 81.2 Å². The van der Waals surface area contributed by atoms with Crippen molar-refractivity contribution in [2.45, 2.75) is 136 Å². The van der Waals surface area contributed by atoms with Crippen LogP contribution in [0.2, 0.25) is 41.3 Å². The zero-order valence-electron chi connectivity index (χ0n) is 36.2. The van der Waals surface area contributed by atoms with E-state index in [1.54, 1.807) is 7.11 Å². The molecule has 3 aromatic rings. The van der Waals surface area contributed by atoms with Crippen LogP contribution in [-0.2, 0) is 29.4 Å². The molecule has 0 saturated carbocycles. The second-order valence-corrected chi connectivity index (χ2v) is 33.0. The van der Waals surface area contributed by atoms with Gasteiger partial charge in [0.2, 0.25) is 0 Å². The summed E-state index contributed by atoms with van der Waals surface area (Å²) in [5, 5.41) is 2.27. The molecule has 0 radical (unpaired) electrons. The van der Waals surface area contributed by atoms with Crippen LogP contribution < -0.4 is 15.1 Å². The summed E-state index contributed by atoms with van der Waals surface area (Å²) in [6.45, 7) is 33.1. The highest BCUT2D eigenvalue weighted by Crippen LogP contribution is 2.42. The molecule has 9 heteroatoms. The third kappa shape index (κ3) is 11.4. The molecule has 0 unspecified atom stereocenters. The molecule has 0 aliphatic rings. The largest absolute Gasteiger partial charge is 0.497 e. The highest BCUT2D eigenvalue weighted by atomic mass is 28.4. The number of carbonyl (C=O) groups is 1. The Kier molecular flexibility index (Phi) is 15.9. The molecule has 0 N–H and O–H groups in total. The SMILES string of the molecule is COc1ccc(CO[C@H]([C@@H](CO[Si](C)(C)C(C)(C)C)CO[Si](c2ccccc2)(c2ccccc2)C(C)(C)C)[C@H](C)[C@H](CC=O)O[Si](C)(C)C(C)(C)C)cc1. The van der Waals surface area contributed by atoms with Crippen LogP contribution in [-0.4, -0.2) is 63.8 Å². The Hall–Kier alpha value is -2.38. The van der Waals surface area contributed by atoms with Crippen molar-refractivity contribution >= 4 is 41.6 Å². The third-order valence-corrected chi connectivity index (χ3v) is 26.2. The Morgan fingerprint density at radius 2 is 1.13 bits per heavy atom. The molecule has 3 rings (SSSR count). The summed E-state index contributed by atoms with van der Waals surface area (Å²) in [6, 6.07) is 29.6. The first-order valence-corrected chi connectivity index (χ1v) is 27.5. The van der Waals surface area contributed by atoms with E-state index in [9.17, 15) is 4.79 Å². The molecule has 0 aliphatic heterocycles. The number of ether oxygens (including phenoxy) is 2. The van der Waals surface area contributed by atoms with Gasteiger partial charge in [-0.25, -0.2) is 0 Å². The number of rotatable bonds is 19. The van der Waals surface area contributed by atoms with Crippen LogP contribution in [0.4, 0.5) is 0 Å². The average molecular weight is 793 g/mol. The van der Waals surface area contributed by atoms with Crippen molar-refractivity contribution in [3.8, 4) is 5.75 Å². The lowest BCUT2D eigenvalue weighted by atomic mass is 9.87. The van der Waals surface area contributed by atoms with E-state index in [4.69, 9.17) is 22.8 Å². The van der Waals surface area contributed by atoms with E-state index in [1.165, 1.54) is 10.4 Å². The number of aldehydes is 1. The number of hydrogen-bond donors (Lipinski definition) is 0. The lowest BCUT2D eigenvalue weighted by Gasteiger charge is -2.46. The second-order valence-electron chi connectivity index (χ2n) is 19.1. The van der Waals surface area contributed by atoms with Crippen LogP contribution in [0.15, 0.2) is 84.9 Å². The van der Waals surface area contributed by atoms with Crippen molar-refractivity contribution < 1.29 is 27.5 Å². The van der Waals surface area contributed by atoms with Crippen molar-refractivity contribution in [1.82, 2.24) is 0 Å². The van der Waals surface area contributed by atoms with Crippen molar-refractivity contribution in [3.63, 3.8) is 0 Å². The molecule has 54 heavy (non-hydrogen) atoms. The first-order chi connectivity index (χ1) is 25.0. The maximum absolute atomic E-state index is 12.4. The molecule has 300 valence electrons. The van der Waals surface area contributed by atoms with Gasteiger partial charge in [-0.2, -0.15) is 0 Å². The van der Waals surface area contributed by atoms with Crippen molar-refractivity contribution in [2.24, 2.45) is 11.8 Å². The second kappa shape index (κ2) is 18.7. The molecular weight excluding hydrogens is 721 g/mol. The maximum Gasteiger partial charge on any atom is 0.261 e. The fourth-order valence-electron chi connectivity index (χ4n) is 6.63. The Morgan fingerprint density at radius 3 is 1.56 bits per heavy atom. The quantitative estimate of drug-likeness (QED) is 0.0890. The van der Waals surface area contributed by atoms with E-state index in [-0.39, 0.29) is 39.2 Å². The van der Waals surface area contributed by atoms with Gasteiger partial charge in [-0.3, -0.25) is 0 Å². The third-order valence-electron chi connectivity index (χ3n) is 12.1. The standard InChI is InChI=1S/C45H72O6Si3/c1-35(41(30-31-46)51-53(14,15)44(5,6)7)42(48-32-36-26-28-38(47-11)29-27-36)37(33-49-52(12,13)43(2,3)4)34-50-54(45(8,9)10,39-22-18-16-19-23-39)40-24-20-17-21-25-40/h16-29,31,35,37,41-42H,30,32-34H2,1-15H3/t35-,37+,41+,42+/m1/s1. The van der Waals surface area contributed by atoms with Gasteiger partial charge in [0.1, 0.15) is 12.0 Å². The molecule has 0 bridgehead atoms. The molecule has 0 aliphatic carbocycles. The minimum atomic E-state index is -2.90. The van der Waals surface area contributed by atoms with Crippen LogP contribution in [0, 0.1) is 11.8 Å². The van der Waals surface area contributed by atoms with Gasteiger partial charge >= 0.3 is 0 Å². The van der Waals surface area contributed by atoms with Gasteiger partial charge in [-0.05, 0) is 69.4 Å². The van der Waals surface area contributed by atoms with Crippen molar-refractivity contribution in [3.05, 3.63) is 90.5 Å². The van der Waals surface area contributed by atoms with E-state index < -0.39 is 25.0 Å². The molecule has 0 spiro atoms. The van der Waals surface area contributed by atoms with Gasteiger partial charge in [0.05, 0.1) is 25.9 Å². The molecule has 0 fully saturated rings. The van der Waals surface area contributed by atoms with Crippen LogP contribution in [0.25, 0.3) is 0 Å². The van der Waals surface area contributed by atoms with Crippen LogP contribution in [0.3, 0.4) is 0 Å². The summed E-state index contributed by atoms with van der Waals surface area (Å²) in [6.07, 6.45) is 0.633. The topological polar surface area (TPSA) is 63.2 Å². The van der Waals surface area contributed by atoms with Crippen molar-refractivity contribution in [1.29, 1.82) is 0 Å². The molecule has 6 nitrogen and oxygen atoms in total. The summed E-state index contributed by atoms with van der Waals surface area (Å²) in [5.41, 5.74) is 1.04. The summed E-state index contributed by atoms with van der Waals surface area (Å²) in [5.74, 6) is 0.501. The summed E-state index contributed by atoms with van der Waals surface area (Å²) >= 11 is 0. The van der Waals surface area contributed by atoms with Gasteiger partial charge in [0, 0.05) is 31.5 Å². The van der Waals surface area contributed by atoms with Gasteiger partial charge in [-0.15, -0.1) is 0 Å². The monoisotopic (exact) mass is 792 g/mol. The van der Waals surface area contributed by atoms with Gasteiger partial charge in [0.15, 0.2) is 16.6 Å². The predicted molar refractivity (Wildman–Crippen MR) is 234 cm³/mol. The first kappa shape index (κ1) is 46.0. The summed E-state index contributed by atoms with van der Waals surface area (Å²) in [7, 11) is -5.67. The number of methoxy groups -OCH3 is 1. The molecule has 3 aromatic carbocycles. The number of carbonyl (C=O) groups excluding carboxylic acids is 1. The summed E-state index contributed by atoms with van der Waals surface area (Å²) in [4.78, 5) is 12.4. The van der Waals surface area contributed by atoms with Gasteiger partial charge in [-0.1, -0.05) is 142 Å². The first-order valence-electron chi connectivity index (χ1n) is 19.8. The van der Waals surface area contributed by atoms with E-state index in [1.807, 2.05) is 12.1 Å². The Balaban J connectivity index is 2.22. The Morgan fingerprint density at radius 1 is 0.648 bits per heavy atom.